The zero-order valence-corrected chi connectivity index (χ0v) is 10.3. The smallest absolute Gasteiger partial charge is 0.103 e. The van der Waals surface area contributed by atoms with E-state index in [9.17, 15) is 0 Å². The van der Waals surface area contributed by atoms with Gasteiger partial charge in [0.1, 0.15) is 6.23 Å². The normalized spacial score (nSPS) is 13.8. The van der Waals surface area contributed by atoms with Crippen molar-refractivity contribution in [3.05, 3.63) is 0 Å². The van der Waals surface area contributed by atoms with Crippen molar-refractivity contribution in [2.24, 2.45) is 5.73 Å². The third kappa shape index (κ3) is 4.43. The van der Waals surface area contributed by atoms with Crippen molar-refractivity contribution >= 4 is 17.0 Å². The van der Waals surface area contributed by atoms with Gasteiger partial charge in [0, 0.05) is 0 Å². The van der Waals surface area contributed by atoms with Gasteiger partial charge in [-0.2, -0.15) is 0 Å². The highest BCUT2D eigenvalue weighted by Crippen LogP contribution is 2.24. The fourth-order valence-corrected chi connectivity index (χ4v) is 1.39. The Balaban J connectivity index is 0. The lowest BCUT2D eigenvalue weighted by atomic mass is 9.94. The lowest BCUT2D eigenvalue weighted by molar-refractivity contribution is -0.0918. The maximum Gasteiger partial charge on any atom is 0.103 e. The van der Waals surface area contributed by atoms with Crippen molar-refractivity contribution < 1.29 is 4.74 Å². The number of hydrogen-bond donors (Lipinski definition) is 1. The predicted molar refractivity (Wildman–Crippen MR) is 58.7 cm³/mol. The number of hydrogen-bond acceptors (Lipinski definition) is 2. The first kappa shape index (κ1) is 14.9. The molecule has 2 nitrogen and oxygen atoms in total. The van der Waals surface area contributed by atoms with E-state index in [1.165, 1.54) is 0 Å². The van der Waals surface area contributed by atoms with E-state index >= 15 is 0 Å². The van der Waals surface area contributed by atoms with Crippen LogP contribution in [0.25, 0.3) is 0 Å². The van der Waals surface area contributed by atoms with Crippen molar-refractivity contribution in [1.29, 1.82) is 0 Å². The highest BCUT2D eigenvalue weighted by molar-refractivity contribution is 8.93. The van der Waals surface area contributed by atoms with Gasteiger partial charge in [-0.3, -0.25) is 0 Å². The molecule has 0 rings (SSSR count). The second kappa shape index (κ2) is 6.87. The Hall–Kier alpha value is 0.400. The van der Waals surface area contributed by atoms with Crippen LogP contribution in [0.5, 0.6) is 0 Å². The van der Waals surface area contributed by atoms with Crippen LogP contribution in [0.2, 0.25) is 0 Å². The highest BCUT2D eigenvalue weighted by Gasteiger charge is 2.25. The van der Waals surface area contributed by atoms with Crippen molar-refractivity contribution in [2.75, 3.05) is 0 Å². The van der Waals surface area contributed by atoms with E-state index in [1.807, 2.05) is 6.92 Å². The lowest BCUT2D eigenvalue weighted by Gasteiger charge is -2.32. The van der Waals surface area contributed by atoms with Crippen LogP contribution >= 0.6 is 17.0 Å². The molecular formula is C9H22BrNO. The van der Waals surface area contributed by atoms with Gasteiger partial charge in [0.25, 0.3) is 0 Å². The molecule has 0 bridgehead atoms. The average Bonchev–Trinajstić information content (AvgIpc) is 2.00. The Morgan fingerprint density at radius 1 is 1.17 bits per heavy atom. The summed E-state index contributed by atoms with van der Waals surface area (Å²) >= 11 is 0. The van der Waals surface area contributed by atoms with Gasteiger partial charge in [-0.15, -0.1) is 17.0 Å². The molecule has 0 amide bonds. The third-order valence-corrected chi connectivity index (χ3v) is 2.37. The molecule has 0 aromatic rings. The van der Waals surface area contributed by atoms with Crippen LogP contribution in [0, 0.1) is 0 Å². The summed E-state index contributed by atoms with van der Waals surface area (Å²) in [5, 5.41) is 0. The molecule has 76 valence electrons. The lowest BCUT2D eigenvalue weighted by Crippen LogP contribution is -2.37. The number of halogens is 1. The molecule has 0 radical (unpaired) electrons. The summed E-state index contributed by atoms with van der Waals surface area (Å²) in [5.41, 5.74) is 5.60. The van der Waals surface area contributed by atoms with Gasteiger partial charge in [-0.25, -0.2) is 0 Å². The van der Waals surface area contributed by atoms with E-state index in [1.54, 1.807) is 0 Å². The molecule has 0 saturated heterocycles. The summed E-state index contributed by atoms with van der Waals surface area (Å²) < 4.78 is 5.66. The molecule has 0 spiro atoms. The van der Waals surface area contributed by atoms with Crippen molar-refractivity contribution in [3.8, 4) is 0 Å². The highest BCUT2D eigenvalue weighted by atomic mass is 79.9. The van der Waals surface area contributed by atoms with Gasteiger partial charge in [-0.05, 0) is 26.2 Å². The van der Waals surface area contributed by atoms with Crippen LogP contribution in [0.1, 0.15) is 47.0 Å². The molecular weight excluding hydrogens is 218 g/mol. The largest absolute Gasteiger partial charge is 0.357 e. The van der Waals surface area contributed by atoms with Gasteiger partial charge < -0.3 is 10.5 Å². The summed E-state index contributed by atoms with van der Waals surface area (Å²) in [6.45, 7) is 8.33. The summed E-state index contributed by atoms with van der Waals surface area (Å²) in [7, 11) is 0. The van der Waals surface area contributed by atoms with Crippen molar-refractivity contribution in [3.63, 3.8) is 0 Å². The van der Waals surface area contributed by atoms with Crippen LogP contribution in [0.4, 0.5) is 0 Å². The molecule has 1 atom stereocenters. The van der Waals surface area contributed by atoms with E-state index in [-0.39, 0.29) is 28.8 Å². The van der Waals surface area contributed by atoms with Gasteiger partial charge in [-0.1, -0.05) is 20.8 Å². The van der Waals surface area contributed by atoms with E-state index in [2.05, 4.69) is 20.8 Å². The molecule has 0 fully saturated rings. The Bertz CT molecular complexity index is 94.4. The average molecular weight is 240 g/mol. The molecule has 3 heteroatoms. The topological polar surface area (TPSA) is 35.2 Å². The zero-order valence-electron chi connectivity index (χ0n) is 8.59. The zero-order chi connectivity index (χ0) is 8.91. The standard InChI is InChI=1S/C9H21NO.BrH/c1-5-9(6-2,7-3)11-8(4)10;/h8H,5-7,10H2,1-4H3;1H. The maximum atomic E-state index is 5.66. The van der Waals surface area contributed by atoms with Crippen LogP contribution in [0.15, 0.2) is 0 Å². The summed E-state index contributed by atoms with van der Waals surface area (Å²) in [5.74, 6) is 0. The van der Waals surface area contributed by atoms with Crippen molar-refractivity contribution in [1.82, 2.24) is 0 Å². The van der Waals surface area contributed by atoms with Crippen LogP contribution in [-0.2, 0) is 4.74 Å². The Morgan fingerprint density at radius 2 is 1.50 bits per heavy atom. The van der Waals surface area contributed by atoms with E-state index in [0.29, 0.717) is 0 Å². The van der Waals surface area contributed by atoms with Crippen LogP contribution in [-0.4, -0.2) is 11.8 Å². The fourth-order valence-electron chi connectivity index (χ4n) is 1.39. The van der Waals surface area contributed by atoms with Gasteiger partial charge >= 0.3 is 0 Å². The molecule has 0 heterocycles. The van der Waals surface area contributed by atoms with Gasteiger partial charge in [0.15, 0.2) is 0 Å². The summed E-state index contributed by atoms with van der Waals surface area (Å²) in [6.07, 6.45) is 2.99. The Labute approximate surface area is 86.6 Å². The first-order valence-corrected chi connectivity index (χ1v) is 4.53. The molecule has 0 aliphatic rings. The quantitative estimate of drug-likeness (QED) is 0.750. The minimum atomic E-state index is -0.144. The SMILES string of the molecule is Br.CCC(CC)(CC)OC(C)N. The molecule has 12 heavy (non-hydrogen) atoms. The number of rotatable bonds is 5. The van der Waals surface area contributed by atoms with E-state index < -0.39 is 0 Å². The maximum absolute atomic E-state index is 5.66. The monoisotopic (exact) mass is 239 g/mol. The first-order valence-electron chi connectivity index (χ1n) is 4.53. The number of nitrogens with two attached hydrogens (primary N) is 1. The van der Waals surface area contributed by atoms with E-state index in [0.717, 1.165) is 19.3 Å². The van der Waals surface area contributed by atoms with E-state index in [4.69, 9.17) is 10.5 Å². The predicted octanol–water partition coefficient (Wildman–Crippen LogP) is 2.85. The Kier molecular flexibility index (Phi) is 8.53. The molecule has 2 N–H and O–H groups in total. The second-order valence-electron chi connectivity index (χ2n) is 3.07. The number of ether oxygens (including phenoxy) is 1. The molecule has 0 aromatic heterocycles. The molecule has 0 aromatic carbocycles. The molecule has 0 aliphatic carbocycles. The summed E-state index contributed by atoms with van der Waals surface area (Å²) in [6, 6.07) is 0. The Morgan fingerprint density at radius 3 is 1.58 bits per heavy atom. The fraction of sp³-hybridized carbons (Fsp3) is 1.00. The molecule has 0 saturated carbocycles. The van der Waals surface area contributed by atoms with Gasteiger partial charge in [0.05, 0.1) is 5.60 Å². The van der Waals surface area contributed by atoms with Gasteiger partial charge in [0.2, 0.25) is 0 Å². The van der Waals surface area contributed by atoms with Crippen molar-refractivity contribution in [2.45, 2.75) is 58.8 Å². The second-order valence-corrected chi connectivity index (χ2v) is 3.07. The molecule has 0 aliphatic heterocycles. The molecule has 1 unspecified atom stereocenters. The first-order chi connectivity index (χ1) is 5.10. The van der Waals surface area contributed by atoms with Crippen LogP contribution < -0.4 is 5.73 Å². The minimum Gasteiger partial charge on any atom is -0.357 e. The minimum absolute atomic E-state index is 0. The third-order valence-electron chi connectivity index (χ3n) is 2.37. The summed E-state index contributed by atoms with van der Waals surface area (Å²) in [4.78, 5) is 0. The van der Waals surface area contributed by atoms with Crippen LogP contribution in [0.3, 0.4) is 0 Å².